The second kappa shape index (κ2) is 3.02. The molecular formula is C11H22O. The Bertz CT molecular complexity index is 160. The van der Waals surface area contributed by atoms with Crippen molar-refractivity contribution in [1.82, 2.24) is 0 Å². The van der Waals surface area contributed by atoms with Gasteiger partial charge in [-0.25, -0.2) is 0 Å². The van der Waals surface area contributed by atoms with Crippen molar-refractivity contribution in [3.05, 3.63) is 0 Å². The summed E-state index contributed by atoms with van der Waals surface area (Å²) < 4.78 is 0. The van der Waals surface area contributed by atoms with Crippen molar-refractivity contribution >= 4 is 0 Å². The number of rotatable bonds is 0. The maximum Gasteiger partial charge on any atom is 0.0319 e. The summed E-state index contributed by atoms with van der Waals surface area (Å²) in [6.45, 7) is 7.39. The van der Waals surface area contributed by atoms with E-state index < -0.39 is 0 Å². The Morgan fingerprint density at radius 2 is 1.67 bits per heavy atom. The fourth-order valence-corrected chi connectivity index (χ4v) is 3.12. The van der Waals surface area contributed by atoms with Gasteiger partial charge in [-0.05, 0) is 42.4 Å². The highest BCUT2D eigenvalue weighted by Crippen LogP contribution is 2.63. The van der Waals surface area contributed by atoms with Crippen LogP contribution >= 0.6 is 0 Å². The summed E-state index contributed by atoms with van der Waals surface area (Å²) in [5.41, 5.74) is 1.35. The van der Waals surface area contributed by atoms with Crippen molar-refractivity contribution in [2.75, 3.05) is 7.11 Å². The van der Waals surface area contributed by atoms with Gasteiger partial charge in [0.1, 0.15) is 0 Å². The van der Waals surface area contributed by atoms with Gasteiger partial charge in [-0.3, -0.25) is 0 Å². The summed E-state index contributed by atoms with van der Waals surface area (Å²) in [5, 5.41) is 7.00. The van der Waals surface area contributed by atoms with Crippen molar-refractivity contribution in [2.24, 2.45) is 16.7 Å². The summed E-state index contributed by atoms with van der Waals surface area (Å²) in [6, 6.07) is 0. The predicted octanol–water partition coefficient (Wildman–Crippen LogP) is 2.83. The molecule has 2 unspecified atom stereocenters. The molecule has 1 N–H and O–H groups in total. The average Bonchev–Trinajstić information content (AvgIpc) is 2.44. The zero-order valence-electron chi connectivity index (χ0n) is 8.85. The van der Waals surface area contributed by atoms with E-state index in [0.29, 0.717) is 10.8 Å². The third-order valence-corrected chi connectivity index (χ3v) is 4.28. The molecule has 0 aromatic heterocycles. The third kappa shape index (κ3) is 1.28. The highest BCUT2D eigenvalue weighted by molar-refractivity contribution is 5.03. The summed E-state index contributed by atoms with van der Waals surface area (Å²) in [6.07, 6.45) is 6.01. The van der Waals surface area contributed by atoms with E-state index in [1.807, 2.05) is 0 Å². The van der Waals surface area contributed by atoms with Gasteiger partial charge in [-0.1, -0.05) is 20.8 Å². The molecule has 0 spiro atoms. The molecule has 0 radical (unpaired) electrons. The normalized spacial score (nSPS) is 42.2. The zero-order valence-corrected chi connectivity index (χ0v) is 8.85. The van der Waals surface area contributed by atoms with E-state index in [0.717, 1.165) is 13.0 Å². The molecule has 0 heterocycles. The van der Waals surface area contributed by atoms with Crippen LogP contribution in [-0.4, -0.2) is 12.2 Å². The van der Waals surface area contributed by atoms with Gasteiger partial charge in [0.2, 0.25) is 0 Å². The largest absolute Gasteiger partial charge is 0.400 e. The van der Waals surface area contributed by atoms with Crippen molar-refractivity contribution in [2.45, 2.75) is 46.5 Å². The Morgan fingerprint density at radius 1 is 1.08 bits per heavy atom. The van der Waals surface area contributed by atoms with Crippen LogP contribution in [0.4, 0.5) is 0 Å². The number of aliphatic hydroxyl groups is 1. The molecule has 0 amide bonds. The fourth-order valence-electron chi connectivity index (χ4n) is 3.12. The first-order chi connectivity index (χ1) is 5.54. The highest BCUT2D eigenvalue weighted by Gasteiger charge is 2.53. The van der Waals surface area contributed by atoms with Crippen LogP contribution in [0.15, 0.2) is 0 Å². The van der Waals surface area contributed by atoms with E-state index in [2.05, 4.69) is 20.8 Å². The van der Waals surface area contributed by atoms with Crippen LogP contribution in [0.2, 0.25) is 0 Å². The molecule has 2 fully saturated rings. The molecule has 2 aliphatic rings. The Morgan fingerprint density at radius 3 is 1.83 bits per heavy atom. The maximum absolute atomic E-state index is 7.00. The van der Waals surface area contributed by atoms with E-state index in [-0.39, 0.29) is 0 Å². The Balaban J connectivity index is 0.000000336. The lowest BCUT2D eigenvalue weighted by Gasteiger charge is -2.39. The van der Waals surface area contributed by atoms with E-state index in [9.17, 15) is 0 Å². The number of aliphatic hydroxyl groups excluding tert-OH is 1. The van der Waals surface area contributed by atoms with Gasteiger partial charge in [-0.15, -0.1) is 0 Å². The van der Waals surface area contributed by atoms with Gasteiger partial charge >= 0.3 is 0 Å². The standard InChI is InChI=1S/C10H18.CH4O/c1-9(2)6-8-4-5-10(9,3)7-8;1-2/h8H,4-7H2,1-3H3;2H,1H3. The quantitative estimate of drug-likeness (QED) is 0.592. The van der Waals surface area contributed by atoms with E-state index in [1.165, 1.54) is 25.7 Å². The first kappa shape index (κ1) is 10.0. The molecule has 2 bridgehead atoms. The fraction of sp³-hybridized carbons (Fsp3) is 1.00. The van der Waals surface area contributed by atoms with Gasteiger partial charge in [0.15, 0.2) is 0 Å². The lowest BCUT2D eigenvalue weighted by atomic mass is 9.66. The molecule has 0 saturated heterocycles. The van der Waals surface area contributed by atoms with Crippen LogP contribution < -0.4 is 0 Å². The van der Waals surface area contributed by atoms with E-state index in [4.69, 9.17) is 5.11 Å². The minimum atomic E-state index is 0.649. The lowest BCUT2D eigenvalue weighted by molar-refractivity contribution is 0.113. The van der Waals surface area contributed by atoms with Crippen molar-refractivity contribution in [1.29, 1.82) is 0 Å². The molecule has 2 rings (SSSR count). The highest BCUT2D eigenvalue weighted by atomic mass is 16.2. The van der Waals surface area contributed by atoms with Gasteiger partial charge in [0, 0.05) is 7.11 Å². The Hall–Kier alpha value is -0.0400. The SMILES string of the molecule is CC1(C)CC2CCC1(C)C2.CO. The molecule has 2 atom stereocenters. The monoisotopic (exact) mass is 170 g/mol. The van der Waals surface area contributed by atoms with Crippen molar-refractivity contribution in [3.8, 4) is 0 Å². The van der Waals surface area contributed by atoms with Crippen molar-refractivity contribution < 1.29 is 5.11 Å². The van der Waals surface area contributed by atoms with Crippen LogP contribution in [0.5, 0.6) is 0 Å². The smallest absolute Gasteiger partial charge is 0.0319 e. The number of fused-ring (bicyclic) bond motifs is 2. The Labute approximate surface area is 76.2 Å². The number of hydrogen-bond acceptors (Lipinski definition) is 1. The summed E-state index contributed by atoms with van der Waals surface area (Å²) in [5.74, 6) is 1.08. The molecular weight excluding hydrogens is 148 g/mol. The zero-order chi connectivity index (χ0) is 9.41. The molecule has 0 aliphatic heterocycles. The van der Waals surface area contributed by atoms with Gasteiger partial charge in [0.25, 0.3) is 0 Å². The topological polar surface area (TPSA) is 20.2 Å². The van der Waals surface area contributed by atoms with Crippen LogP contribution in [0.1, 0.15) is 46.5 Å². The van der Waals surface area contributed by atoms with Gasteiger partial charge in [0.05, 0.1) is 0 Å². The molecule has 1 heteroatoms. The maximum atomic E-state index is 7.00. The summed E-state index contributed by atoms with van der Waals surface area (Å²) in [7, 11) is 1.00. The van der Waals surface area contributed by atoms with Crippen LogP contribution in [0, 0.1) is 16.7 Å². The third-order valence-electron chi connectivity index (χ3n) is 4.28. The van der Waals surface area contributed by atoms with Crippen LogP contribution in [0.3, 0.4) is 0 Å². The molecule has 2 aliphatic carbocycles. The minimum absolute atomic E-state index is 0.649. The van der Waals surface area contributed by atoms with Crippen LogP contribution in [-0.2, 0) is 0 Å². The lowest BCUT2D eigenvalue weighted by Crippen LogP contribution is -2.29. The first-order valence-electron chi connectivity index (χ1n) is 4.98. The number of hydrogen-bond donors (Lipinski definition) is 1. The van der Waals surface area contributed by atoms with Gasteiger partial charge in [-0.2, -0.15) is 0 Å². The Kier molecular flexibility index (Phi) is 2.53. The van der Waals surface area contributed by atoms with E-state index >= 15 is 0 Å². The first-order valence-corrected chi connectivity index (χ1v) is 4.98. The van der Waals surface area contributed by atoms with Gasteiger partial charge < -0.3 is 5.11 Å². The summed E-state index contributed by atoms with van der Waals surface area (Å²) in [4.78, 5) is 0. The minimum Gasteiger partial charge on any atom is -0.400 e. The molecule has 12 heavy (non-hydrogen) atoms. The van der Waals surface area contributed by atoms with Crippen LogP contribution in [0.25, 0.3) is 0 Å². The van der Waals surface area contributed by atoms with E-state index in [1.54, 1.807) is 0 Å². The average molecular weight is 170 g/mol. The predicted molar refractivity (Wildman–Crippen MR) is 52.0 cm³/mol. The molecule has 1 nitrogen and oxygen atoms in total. The summed E-state index contributed by atoms with van der Waals surface area (Å²) >= 11 is 0. The molecule has 72 valence electrons. The second-order valence-electron chi connectivity index (χ2n) is 5.26. The molecule has 0 aromatic rings. The second-order valence-corrected chi connectivity index (χ2v) is 5.26. The molecule has 0 aromatic carbocycles. The molecule has 2 saturated carbocycles. The van der Waals surface area contributed by atoms with Crippen molar-refractivity contribution in [3.63, 3.8) is 0 Å².